The van der Waals surface area contributed by atoms with Crippen molar-refractivity contribution >= 4 is 29.9 Å². The lowest BCUT2D eigenvalue weighted by molar-refractivity contribution is -0.150. The molecule has 1 aromatic heterocycles. The summed E-state index contributed by atoms with van der Waals surface area (Å²) in [5, 5.41) is 6.96. The van der Waals surface area contributed by atoms with E-state index in [0.29, 0.717) is 0 Å². The van der Waals surface area contributed by atoms with Gasteiger partial charge in [0.2, 0.25) is 5.88 Å². The van der Waals surface area contributed by atoms with Crippen LogP contribution in [0.25, 0.3) is 0 Å². The number of alkyl halides is 3. The third kappa shape index (κ3) is 5.45. The molecule has 2 amide bonds. The van der Waals surface area contributed by atoms with Gasteiger partial charge in [-0.2, -0.15) is 18.3 Å². The van der Waals surface area contributed by atoms with Gasteiger partial charge in [0.1, 0.15) is 11.5 Å². The Balaban J connectivity index is 1.51. The van der Waals surface area contributed by atoms with Crippen LogP contribution in [0, 0.1) is 4.78 Å². The highest BCUT2D eigenvalue weighted by Crippen LogP contribution is 2.44. The first-order valence-electron chi connectivity index (χ1n) is 14.4. The third-order valence-electron chi connectivity index (χ3n) is 9.40. The minimum absolute atomic E-state index is 0.0390. The lowest BCUT2D eigenvalue weighted by Gasteiger charge is -2.45. The van der Waals surface area contributed by atoms with Crippen LogP contribution in [0.15, 0.2) is 17.2 Å². The molecule has 42 heavy (non-hydrogen) atoms. The Hall–Kier alpha value is -2.58. The number of aromatic nitrogens is 2. The molecule has 0 radical (unpaired) electrons. The molecule has 2 N–H and O–H groups in total. The summed E-state index contributed by atoms with van der Waals surface area (Å²) >= 11 is 0. The molecule has 2 aromatic rings. The summed E-state index contributed by atoms with van der Waals surface area (Å²) in [6.07, 6.45) is 2.59. The number of benzene rings is 1. The number of carbonyl (C=O) groups excluding carboxylic acids is 1. The van der Waals surface area contributed by atoms with Crippen molar-refractivity contribution in [3.05, 3.63) is 34.5 Å². The second-order valence-corrected chi connectivity index (χ2v) is 20.5. The number of ether oxygens (including phenoxy) is 1. The number of hydrogen-bond donors (Lipinski definition) is 2. The summed E-state index contributed by atoms with van der Waals surface area (Å²) in [5.41, 5.74) is 5.58. The highest BCUT2D eigenvalue weighted by atomic mass is 32.2. The molecule has 1 unspecified atom stereocenters. The highest BCUT2D eigenvalue weighted by molar-refractivity contribution is 7.92. The number of nitrogens with one attached hydrogen (secondary N) is 2. The molecule has 0 spiro atoms. The van der Waals surface area contributed by atoms with Crippen LogP contribution < -0.4 is 10.1 Å². The number of urea groups is 1. The minimum Gasteiger partial charge on any atom is -0.475 e. The summed E-state index contributed by atoms with van der Waals surface area (Å²) in [7, 11) is -5.57. The number of nitrogens with zero attached hydrogens (tertiary/aromatic N) is 4. The number of halogens is 3. The molecule has 0 fully saturated rings. The van der Waals surface area contributed by atoms with E-state index in [1.165, 1.54) is 33.0 Å². The van der Waals surface area contributed by atoms with Crippen LogP contribution >= 0.6 is 0 Å². The fraction of sp³-hybridized carbons (Fsp3) is 0.643. The predicted molar refractivity (Wildman–Crippen MR) is 158 cm³/mol. The molecule has 0 bridgehead atoms. The van der Waals surface area contributed by atoms with Crippen LogP contribution in [0.3, 0.4) is 0 Å². The van der Waals surface area contributed by atoms with Crippen LogP contribution in [0.4, 0.5) is 23.7 Å². The van der Waals surface area contributed by atoms with Gasteiger partial charge < -0.3 is 10.1 Å². The first-order valence-corrected chi connectivity index (χ1v) is 18.9. The maximum absolute atomic E-state index is 14.7. The number of fused-ring (bicyclic) bond motifs is 3. The number of amides is 2. The van der Waals surface area contributed by atoms with E-state index in [2.05, 4.69) is 16.5 Å². The van der Waals surface area contributed by atoms with Crippen LogP contribution in [-0.2, 0) is 42.1 Å². The Morgan fingerprint density at radius 1 is 1.17 bits per heavy atom. The number of aryl methyl sites for hydroxylation is 2. The SMILES string of the molecule is CN(CC(F)(F)F)[C@@H]1COc2c(S(=N)(=O)N(C(=O)Nc3c4c(cc5c3CCC5)CCC4)[Si](C)(C)C(C)(C)C)cnn2C1. The standard InChI is InChI=1S/C28H41F3N6O3SSi/c1-27(2,3)42(5,6)37(26(38)34-24-21-11-7-9-18(21)13-19-10-8-12-22(19)24)41(32,39)23-14-33-36-15-20(16-40-25(23)36)35(4)17-28(29,30)31/h13-14,20,32H,7-12,15-17H2,1-6H3,(H,34,38)/t20-,41?/m0/s1. The maximum atomic E-state index is 14.7. The Morgan fingerprint density at radius 3 is 2.31 bits per heavy atom. The molecule has 9 nitrogen and oxygen atoms in total. The fourth-order valence-corrected chi connectivity index (χ4v) is 12.1. The zero-order valence-corrected chi connectivity index (χ0v) is 27.0. The van der Waals surface area contributed by atoms with Gasteiger partial charge in [-0.15, -0.1) is 0 Å². The molecule has 1 aromatic carbocycles. The van der Waals surface area contributed by atoms with Crippen molar-refractivity contribution in [2.24, 2.45) is 0 Å². The lowest BCUT2D eigenvalue weighted by atomic mass is 9.99. The van der Waals surface area contributed by atoms with Crippen molar-refractivity contribution in [3.63, 3.8) is 0 Å². The van der Waals surface area contributed by atoms with Crippen molar-refractivity contribution < 1.29 is 26.9 Å². The molecule has 5 rings (SSSR count). The Kier molecular flexibility index (Phi) is 7.75. The van der Waals surface area contributed by atoms with Gasteiger partial charge in [0.05, 0.1) is 25.3 Å². The van der Waals surface area contributed by atoms with Crippen molar-refractivity contribution in [1.29, 1.82) is 4.78 Å². The van der Waals surface area contributed by atoms with Gasteiger partial charge in [0.15, 0.2) is 18.2 Å². The van der Waals surface area contributed by atoms with E-state index in [-0.39, 0.29) is 23.9 Å². The van der Waals surface area contributed by atoms with Gasteiger partial charge in [0, 0.05) is 5.69 Å². The second kappa shape index (κ2) is 10.5. The van der Waals surface area contributed by atoms with E-state index in [0.717, 1.165) is 60.2 Å². The van der Waals surface area contributed by atoms with Gasteiger partial charge in [-0.25, -0.2) is 18.5 Å². The van der Waals surface area contributed by atoms with Crippen LogP contribution in [-0.4, -0.2) is 69.5 Å². The van der Waals surface area contributed by atoms with Gasteiger partial charge in [-0.3, -0.25) is 8.87 Å². The largest absolute Gasteiger partial charge is 0.475 e. The summed E-state index contributed by atoms with van der Waals surface area (Å²) in [6.45, 7) is 8.69. The van der Waals surface area contributed by atoms with E-state index in [1.54, 1.807) is 0 Å². The number of hydrogen-bond acceptors (Lipinski definition) is 6. The van der Waals surface area contributed by atoms with Crippen molar-refractivity contribution in [2.45, 2.75) is 101 Å². The second-order valence-electron chi connectivity index (χ2n) is 13.3. The summed E-state index contributed by atoms with van der Waals surface area (Å²) in [4.78, 5) is 15.5. The van der Waals surface area contributed by atoms with E-state index in [1.807, 2.05) is 33.9 Å². The monoisotopic (exact) mass is 626 g/mol. The first kappa shape index (κ1) is 30.9. The minimum atomic E-state index is -4.37. The number of anilines is 1. The van der Waals surface area contributed by atoms with Crippen LogP contribution in [0.2, 0.25) is 18.1 Å². The number of likely N-dealkylation sites (N-methyl/N-ethyl adjacent to an activating group) is 1. The van der Waals surface area contributed by atoms with E-state index in [4.69, 9.17) is 4.74 Å². The first-order chi connectivity index (χ1) is 19.4. The molecule has 2 heterocycles. The normalized spacial score (nSPS) is 20.0. The topological polar surface area (TPSA) is 104 Å². The van der Waals surface area contributed by atoms with Crippen molar-refractivity contribution in [2.75, 3.05) is 25.5 Å². The van der Waals surface area contributed by atoms with Gasteiger partial charge in [-0.1, -0.05) is 26.8 Å². The average molecular weight is 627 g/mol. The number of rotatable bonds is 6. The van der Waals surface area contributed by atoms with Gasteiger partial charge in [0.25, 0.3) is 0 Å². The molecular weight excluding hydrogens is 585 g/mol. The Labute approximate surface area is 247 Å². The molecule has 1 aliphatic heterocycles. The van der Waals surface area contributed by atoms with Crippen LogP contribution in [0.1, 0.15) is 55.9 Å². The van der Waals surface area contributed by atoms with Crippen molar-refractivity contribution in [1.82, 2.24) is 18.7 Å². The molecule has 3 aliphatic rings. The van der Waals surface area contributed by atoms with Gasteiger partial charge >= 0.3 is 12.2 Å². The molecule has 2 atom stereocenters. The van der Waals surface area contributed by atoms with Gasteiger partial charge in [-0.05, 0) is 86.0 Å². The van der Waals surface area contributed by atoms with E-state index in [9.17, 15) is 27.0 Å². The summed E-state index contributed by atoms with van der Waals surface area (Å²) in [6, 6.07) is 1.08. The molecule has 232 valence electrons. The summed E-state index contributed by atoms with van der Waals surface area (Å²) < 4.78 is 71.4. The third-order valence-corrected chi connectivity index (χ3v) is 18.0. The molecule has 0 saturated carbocycles. The lowest BCUT2D eigenvalue weighted by Crippen LogP contribution is -2.60. The molecular formula is C28H41F3N6O3SSi. The van der Waals surface area contributed by atoms with E-state index >= 15 is 0 Å². The van der Waals surface area contributed by atoms with E-state index < -0.39 is 48.0 Å². The zero-order valence-electron chi connectivity index (χ0n) is 25.2. The Morgan fingerprint density at radius 2 is 1.76 bits per heavy atom. The smallest absolute Gasteiger partial charge is 0.401 e. The molecule has 14 heteroatoms. The maximum Gasteiger partial charge on any atom is 0.401 e. The highest BCUT2D eigenvalue weighted by Gasteiger charge is 2.50. The molecule has 2 aliphatic carbocycles. The summed E-state index contributed by atoms with van der Waals surface area (Å²) in [5.74, 6) is 0.0599. The predicted octanol–water partition coefficient (Wildman–Crippen LogP) is 5.98. The number of carbonyl (C=O) groups is 1. The quantitative estimate of drug-likeness (QED) is 0.385. The molecule has 0 saturated heterocycles. The van der Waals surface area contributed by atoms with Crippen molar-refractivity contribution in [3.8, 4) is 5.88 Å². The Bertz CT molecular complexity index is 1470. The zero-order chi connectivity index (χ0) is 30.8. The average Bonchev–Trinajstić information content (AvgIpc) is 3.60. The van der Waals surface area contributed by atoms with Crippen LogP contribution in [0.5, 0.6) is 5.88 Å². The fourth-order valence-electron chi connectivity index (χ4n) is 6.15.